The van der Waals surface area contributed by atoms with Crippen LogP contribution in [-0.2, 0) is 25.7 Å². The van der Waals surface area contributed by atoms with Crippen molar-refractivity contribution in [3.8, 4) is 0 Å². The zero-order valence-corrected chi connectivity index (χ0v) is 16.2. The van der Waals surface area contributed by atoms with Gasteiger partial charge in [0, 0.05) is 30.9 Å². The number of esters is 1. The fraction of sp³-hybridized carbons (Fsp3) is 0.579. The SMILES string of the molecule is C=CCON1C(=O)CC(C(=O)OC)C12CCN(Cc1sccc1C)CC2. The smallest absolute Gasteiger partial charge is 0.311 e. The Labute approximate surface area is 158 Å². The van der Waals surface area contributed by atoms with Crippen molar-refractivity contribution in [2.45, 2.75) is 38.3 Å². The number of methoxy groups -OCH3 is 1. The van der Waals surface area contributed by atoms with Crippen LogP contribution in [0, 0.1) is 12.8 Å². The second-order valence-electron chi connectivity index (χ2n) is 6.96. The minimum absolute atomic E-state index is 0.147. The number of likely N-dealkylation sites (tertiary alicyclic amines) is 1. The third-order valence-corrected chi connectivity index (χ3v) is 6.53. The molecular formula is C19H26N2O4S. The Kier molecular flexibility index (Phi) is 5.79. The zero-order chi connectivity index (χ0) is 18.7. The number of carbonyl (C=O) groups excluding carboxylic acids is 2. The van der Waals surface area contributed by atoms with Crippen LogP contribution in [0.1, 0.15) is 29.7 Å². The largest absolute Gasteiger partial charge is 0.469 e. The van der Waals surface area contributed by atoms with Gasteiger partial charge in [-0.25, -0.2) is 5.06 Å². The van der Waals surface area contributed by atoms with Gasteiger partial charge >= 0.3 is 5.97 Å². The Hall–Kier alpha value is -1.70. The molecule has 0 bridgehead atoms. The molecule has 26 heavy (non-hydrogen) atoms. The monoisotopic (exact) mass is 378 g/mol. The lowest BCUT2D eigenvalue weighted by Crippen LogP contribution is -2.57. The maximum atomic E-state index is 12.5. The van der Waals surface area contributed by atoms with Crippen molar-refractivity contribution < 1.29 is 19.2 Å². The van der Waals surface area contributed by atoms with Gasteiger partial charge in [-0.05, 0) is 36.8 Å². The van der Waals surface area contributed by atoms with Crippen LogP contribution < -0.4 is 0 Å². The minimum atomic E-state index is -0.617. The number of carbonyl (C=O) groups is 2. The minimum Gasteiger partial charge on any atom is -0.469 e. The van der Waals surface area contributed by atoms with E-state index < -0.39 is 11.5 Å². The van der Waals surface area contributed by atoms with Crippen LogP contribution in [0.4, 0.5) is 0 Å². The molecule has 6 nitrogen and oxygen atoms in total. The van der Waals surface area contributed by atoms with Crippen molar-refractivity contribution >= 4 is 23.2 Å². The van der Waals surface area contributed by atoms with Gasteiger partial charge in [-0.15, -0.1) is 17.9 Å². The third-order valence-electron chi connectivity index (χ3n) is 5.52. The summed E-state index contributed by atoms with van der Waals surface area (Å²) >= 11 is 1.77. The molecule has 3 rings (SSSR count). The van der Waals surface area contributed by atoms with E-state index >= 15 is 0 Å². The lowest BCUT2D eigenvalue weighted by molar-refractivity contribution is -0.218. The average molecular weight is 378 g/mol. The summed E-state index contributed by atoms with van der Waals surface area (Å²) in [7, 11) is 1.38. The quantitative estimate of drug-likeness (QED) is 0.562. The number of nitrogens with zero attached hydrogens (tertiary/aromatic N) is 2. The van der Waals surface area contributed by atoms with Crippen molar-refractivity contribution in [2.75, 3.05) is 26.8 Å². The van der Waals surface area contributed by atoms with Crippen LogP contribution in [0.3, 0.4) is 0 Å². The topological polar surface area (TPSA) is 59.1 Å². The Morgan fingerprint density at radius 3 is 2.77 bits per heavy atom. The standard InChI is InChI=1S/C19H26N2O4S/c1-4-10-25-21-17(22)12-15(18(23)24-3)19(21)6-8-20(9-7-19)13-16-14(2)5-11-26-16/h4-5,11,15H,1,6-10,12-13H2,2-3H3. The molecule has 7 heteroatoms. The molecule has 0 aliphatic carbocycles. The third kappa shape index (κ3) is 3.43. The fourth-order valence-electron chi connectivity index (χ4n) is 4.03. The van der Waals surface area contributed by atoms with E-state index in [0.717, 1.165) is 19.6 Å². The Morgan fingerprint density at radius 2 is 2.19 bits per heavy atom. The van der Waals surface area contributed by atoms with Crippen molar-refractivity contribution in [3.63, 3.8) is 0 Å². The number of piperidine rings is 1. The van der Waals surface area contributed by atoms with Gasteiger partial charge in [0.1, 0.15) is 0 Å². The molecule has 2 saturated heterocycles. The van der Waals surface area contributed by atoms with Gasteiger partial charge in [-0.3, -0.25) is 19.3 Å². The summed E-state index contributed by atoms with van der Waals surface area (Å²) in [5, 5.41) is 3.56. The van der Waals surface area contributed by atoms with Crippen molar-refractivity contribution in [1.82, 2.24) is 9.96 Å². The van der Waals surface area contributed by atoms with Crippen LogP contribution in [0.2, 0.25) is 0 Å². The molecule has 0 aromatic carbocycles. The Bertz CT molecular complexity index is 679. The van der Waals surface area contributed by atoms with Crippen LogP contribution in [0.5, 0.6) is 0 Å². The van der Waals surface area contributed by atoms with E-state index in [2.05, 4.69) is 29.8 Å². The van der Waals surface area contributed by atoms with Crippen molar-refractivity contribution in [3.05, 3.63) is 34.5 Å². The molecule has 0 radical (unpaired) electrons. The van der Waals surface area contributed by atoms with Gasteiger partial charge < -0.3 is 4.74 Å². The summed E-state index contributed by atoms with van der Waals surface area (Å²) in [6, 6.07) is 2.14. The van der Waals surface area contributed by atoms with Crippen molar-refractivity contribution in [2.24, 2.45) is 5.92 Å². The first-order valence-electron chi connectivity index (χ1n) is 8.92. The highest BCUT2D eigenvalue weighted by Crippen LogP contribution is 2.44. The second-order valence-corrected chi connectivity index (χ2v) is 7.96. The zero-order valence-electron chi connectivity index (χ0n) is 15.4. The molecule has 1 aromatic heterocycles. The molecule has 142 valence electrons. The molecule has 2 fully saturated rings. The summed E-state index contributed by atoms with van der Waals surface area (Å²) in [5.41, 5.74) is 0.698. The summed E-state index contributed by atoms with van der Waals surface area (Å²) in [4.78, 5) is 34.3. The van der Waals surface area contributed by atoms with E-state index in [1.165, 1.54) is 22.6 Å². The first kappa shape index (κ1) is 19.1. The number of amides is 1. The number of hydrogen-bond acceptors (Lipinski definition) is 6. The summed E-state index contributed by atoms with van der Waals surface area (Å²) in [6.45, 7) is 8.56. The molecule has 1 amide bonds. The van der Waals surface area contributed by atoms with E-state index in [1.54, 1.807) is 17.4 Å². The highest BCUT2D eigenvalue weighted by atomic mass is 32.1. The van der Waals surface area contributed by atoms with E-state index in [1.807, 2.05) is 0 Å². The number of rotatable bonds is 6. The predicted octanol–water partition coefficient (Wildman–Crippen LogP) is 2.53. The summed E-state index contributed by atoms with van der Waals surface area (Å²) < 4.78 is 4.99. The van der Waals surface area contributed by atoms with Gasteiger partial charge in [0.2, 0.25) is 5.91 Å². The van der Waals surface area contributed by atoms with Gasteiger partial charge in [-0.2, -0.15) is 0 Å². The average Bonchev–Trinajstić information content (AvgIpc) is 3.16. The molecule has 0 N–H and O–H groups in total. The van der Waals surface area contributed by atoms with E-state index in [-0.39, 0.29) is 24.9 Å². The van der Waals surface area contributed by atoms with E-state index in [4.69, 9.17) is 9.57 Å². The molecule has 3 heterocycles. The van der Waals surface area contributed by atoms with E-state index in [0.29, 0.717) is 12.8 Å². The molecule has 1 atom stereocenters. The first-order valence-corrected chi connectivity index (χ1v) is 9.80. The second kappa shape index (κ2) is 7.90. The lowest BCUT2D eigenvalue weighted by Gasteiger charge is -2.45. The molecule has 0 saturated carbocycles. The summed E-state index contributed by atoms with van der Waals surface area (Å²) in [6.07, 6.45) is 3.15. The Morgan fingerprint density at radius 1 is 1.46 bits per heavy atom. The maximum absolute atomic E-state index is 12.5. The molecular weight excluding hydrogens is 352 g/mol. The predicted molar refractivity (Wildman–Crippen MR) is 99.4 cm³/mol. The Balaban J connectivity index is 1.76. The molecule has 1 aromatic rings. The van der Waals surface area contributed by atoms with Crippen LogP contribution in [0.25, 0.3) is 0 Å². The van der Waals surface area contributed by atoms with E-state index in [9.17, 15) is 9.59 Å². The number of ether oxygens (including phenoxy) is 1. The molecule has 2 aliphatic rings. The fourth-order valence-corrected chi connectivity index (χ4v) is 4.98. The highest BCUT2D eigenvalue weighted by molar-refractivity contribution is 7.10. The van der Waals surface area contributed by atoms with Crippen LogP contribution >= 0.6 is 11.3 Å². The molecule has 1 unspecified atom stereocenters. The van der Waals surface area contributed by atoms with Gasteiger partial charge in [0.05, 0.1) is 25.2 Å². The van der Waals surface area contributed by atoms with Gasteiger partial charge in [0.25, 0.3) is 0 Å². The maximum Gasteiger partial charge on any atom is 0.311 e. The number of hydroxylamine groups is 2. The number of thiophene rings is 1. The molecule has 2 aliphatic heterocycles. The first-order chi connectivity index (χ1) is 12.5. The van der Waals surface area contributed by atoms with Gasteiger partial charge in [-0.1, -0.05) is 6.08 Å². The van der Waals surface area contributed by atoms with Gasteiger partial charge in [0.15, 0.2) is 0 Å². The summed E-state index contributed by atoms with van der Waals surface area (Å²) in [5.74, 6) is -0.953. The number of hydrogen-bond donors (Lipinski definition) is 0. The lowest BCUT2D eigenvalue weighted by atomic mass is 9.77. The highest BCUT2D eigenvalue weighted by Gasteiger charge is 2.58. The number of aryl methyl sites for hydroxylation is 1. The van der Waals surface area contributed by atoms with Crippen LogP contribution in [-0.4, -0.2) is 54.2 Å². The van der Waals surface area contributed by atoms with Crippen molar-refractivity contribution in [1.29, 1.82) is 0 Å². The molecule has 1 spiro atoms. The normalized spacial score (nSPS) is 22.8. The van der Waals surface area contributed by atoms with Crippen LogP contribution in [0.15, 0.2) is 24.1 Å².